The van der Waals surface area contributed by atoms with Crippen molar-refractivity contribution in [2.75, 3.05) is 4.90 Å². The van der Waals surface area contributed by atoms with E-state index in [9.17, 15) is 9.90 Å². The van der Waals surface area contributed by atoms with Crippen LogP contribution in [0.25, 0.3) is 0 Å². The SMILES string of the molecule is O=CN(c1ccc(Cl)cc1)C(O)c1ccccc1. The minimum Gasteiger partial charge on any atom is -0.369 e. The van der Waals surface area contributed by atoms with Crippen LogP contribution < -0.4 is 4.90 Å². The number of hydrogen-bond donors (Lipinski definition) is 1. The number of anilines is 1. The highest BCUT2D eigenvalue weighted by Crippen LogP contribution is 2.24. The summed E-state index contributed by atoms with van der Waals surface area (Å²) in [5.74, 6) is 0. The molecule has 0 aliphatic carbocycles. The number of rotatable bonds is 4. The molecule has 4 heteroatoms. The number of benzene rings is 2. The molecule has 0 heterocycles. The molecule has 0 aliphatic rings. The van der Waals surface area contributed by atoms with Gasteiger partial charge in [0.15, 0.2) is 6.23 Å². The number of hydrogen-bond acceptors (Lipinski definition) is 2. The molecule has 0 saturated heterocycles. The summed E-state index contributed by atoms with van der Waals surface area (Å²) in [4.78, 5) is 12.4. The van der Waals surface area contributed by atoms with Crippen molar-refractivity contribution in [2.24, 2.45) is 0 Å². The third kappa shape index (κ3) is 2.70. The Kier molecular flexibility index (Phi) is 3.97. The Balaban J connectivity index is 2.29. The zero-order chi connectivity index (χ0) is 13.0. The first-order chi connectivity index (χ1) is 8.72. The van der Waals surface area contributed by atoms with E-state index in [4.69, 9.17) is 11.6 Å². The molecular weight excluding hydrogens is 250 g/mol. The van der Waals surface area contributed by atoms with E-state index < -0.39 is 6.23 Å². The highest BCUT2D eigenvalue weighted by atomic mass is 35.5. The van der Waals surface area contributed by atoms with Crippen molar-refractivity contribution in [3.63, 3.8) is 0 Å². The summed E-state index contributed by atoms with van der Waals surface area (Å²) in [5.41, 5.74) is 1.24. The maximum atomic E-state index is 11.1. The summed E-state index contributed by atoms with van der Waals surface area (Å²) in [6.07, 6.45) is -0.411. The van der Waals surface area contributed by atoms with Gasteiger partial charge in [0.1, 0.15) is 0 Å². The van der Waals surface area contributed by atoms with Crippen LogP contribution in [0.3, 0.4) is 0 Å². The Bertz CT molecular complexity index is 513. The van der Waals surface area contributed by atoms with Gasteiger partial charge in [-0.25, -0.2) is 0 Å². The maximum absolute atomic E-state index is 11.1. The van der Waals surface area contributed by atoms with E-state index in [1.807, 2.05) is 18.2 Å². The fourth-order valence-electron chi connectivity index (χ4n) is 1.66. The first-order valence-corrected chi connectivity index (χ1v) is 5.82. The van der Waals surface area contributed by atoms with Crippen LogP contribution in [0.15, 0.2) is 54.6 Å². The molecule has 1 N–H and O–H groups in total. The number of carbonyl (C=O) groups is 1. The van der Waals surface area contributed by atoms with Crippen molar-refractivity contribution in [1.29, 1.82) is 0 Å². The van der Waals surface area contributed by atoms with E-state index in [0.29, 0.717) is 22.7 Å². The lowest BCUT2D eigenvalue weighted by Gasteiger charge is -2.24. The predicted octanol–water partition coefficient (Wildman–Crippen LogP) is 2.99. The molecule has 1 unspecified atom stereocenters. The molecule has 18 heavy (non-hydrogen) atoms. The van der Waals surface area contributed by atoms with Crippen LogP contribution in [0.4, 0.5) is 5.69 Å². The van der Waals surface area contributed by atoms with E-state index in [-0.39, 0.29) is 0 Å². The van der Waals surface area contributed by atoms with Gasteiger partial charge in [0.25, 0.3) is 0 Å². The van der Waals surface area contributed by atoms with Gasteiger partial charge in [0, 0.05) is 16.3 Å². The number of aliphatic hydroxyl groups excluding tert-OH is 1. The summed E-state index contributed by atoms with van der Waals surface area (Å²) in [5, 5.41) is 10.7. The zero-order valence-electron chi connectivity index (χ0n) is 9.53. The molecule has 2 aromatic rings. The third-order valence-corrected chi connectivity index (χ3v) is 2.85. The fraction of sp³-hybridized carbons (Fsp3) is 0.0714. The van der Waals surface area contributed by atoms with E-state index in [1.54, 1.807) is 36.4 Å². The number of carbonyl (C=O) groups excluding carboxylic acids is 1. The monoisotopic (exact) mass is 261 g/mol. The Morgan fingerprint density at radius 1 is 1.06 bits per heavy atom. The number of aliphatic hydroxyl groups is 1. The molecule has 1 atom stereocenters. The molecule has 0 aromatic heterocycles. The Morgan fingerprint density at radius 2 is 1.67 bits per heavy atom. The van der Waals surface area contributed by atoms with Crippen LogP contribution in [0.1, 0.15) is 11.8 Å². The number of amides is 1. The van der Waals surface area contributed by atoms with Gasteiger partial charge in [-0.3, -0.25) is 9.69 Å². The van der Waals surface area contributed by atoms with Crippen molar-refractivity contribution in [2.45, 2.75) is 6.23 Å². The van der Waals surface area contributed by atoms with Gasteiger partial charge in [-0.15, -0.1) is 0 Å². The van der Waals surface area contributed by atoms with Gasteiger partial charge in [-0.2, -0.15) is 0 Å². The van der Waals surface area contributed by atoms with E-state index in [2.05, 4.69) is 0 Å². The van der Waals surface area contributed by atoms with Crippen molar-refractivity contribution < 1.29 is 9.90 Å². The lowest BCUT2D eigenvalue weighted by atomic mass is 10.1. The van der Waals surface area contributed by atoms with E-state index in [0.717, 1.165) is 0 Å². The van der Waals surface area contributed by atoms with Crippen LogP contribution >= 0.6 is 11.6 Å². The lowest BCUT2D eigenvalue weighted by molar-refractivity contribution is -0.109. The topological polar surface area (TPSA) is 40.5 Å². The quantitative estimate of drug-likeness (QED) is 0.679. The average Bonchev–Trinajstić information content (AvgIpc) is 2.42. The van der Waals surface area contributed by atoms with E-state index in [1.165, 1.54) is 4.90 Å². The molecule has 3 nitrogen and oxygen atoms in total. The van der Waals surface area contributed by atoms with Crippen LogP contribution in [0, 0.1) is 0 Å². The smallest absolute Gasteiger partial charge is 0.216 e. The molecule has 2 rings (SSSR count). The second-order valence-corrected chi connectivity index (χ2v) is 4.21. The standard InChI is InChI=1S/C14H12ClNO2/c15-12-6-8-13(9-7-12)16(10-17)14(18)11-4-2-1-3-5-11/h1-10,14,18H. The normalized spacial score (nSPS) is 11.9. The van der Waals surface area contributed by atoms with Gasteiger partial charge in [-0.05, 0) is 24.3 Å². The first-order valence-electron chi connectivity index (χ1n) is 5.44. The third-order valence-electron chi connectivity index (χ3n) is 2.60. The number of nitrogens with zero attached hydrogens (tertiary/aromatic N) is 1. The second kappa shape index (κ2) is 5.67. The summed E-state index contributed by atoms with van der Waals surface area (Å²) >= 11 is 5.79. The van der Waals surface area contributed by atoms with Crippen LogP contribution in [-0.4, -0.2) is 11.5 Å². The summed E-state index contributed by atoms with van der Waals surface area (Å²) in [7, 11) is 0. The van der Waals surface area contributed by atoms with Crippen molar-refractivity contribution in [3.8, 4) is 0 Å². The molecule has 0 bridgehead atoms. The second-order valence-electron chi connectivity index (χ2n) is 3.77. The molecule has 92 valence electrons. The van der Waals surface area contributed by atoms with Gasteiger partial charge < -0.3 is 5.11 Å². The molecule has 1 amide bonds. The van der Waals surface area contributed by atoms with Gasteiger partial charge in [0.05, 0.1) is 0 Å². The molecule has 0 fully saturated rings. The van der Waals surface area contributed by atoms with E-state index >= 15 is 0 Å². The number of halogens is 1. The summed E-state index contributed by atoms with van der Waals surface area (Å²) < 4.78 is 0. The molecule has 0 saturated carbocycles. The molecule has 0 radical (unpaired) electrons. The highest BCUT2D eigenvalue weighted by molar-refractivity contribution is 6.30. The summed E-state index contributed by atoms with van der Waals surface area (Å²) in [6, 6.07) is 15.7. The zero-order valence-corrected chi connectivity index (χ0v) is 10.3. The van der Waals surface area contributed by atoms with Crippen molar-refractivity contribution in [1.82, 2.24) is 0 Å². The average molecular weight is 262 g/mol. The fourth-order valence-corrected chi connectivity index (χ4v) is 1.78. The predicted molar refractivity (Wildman–Crippen MR) is 71.4 cm³/mol. The highest BCUT2D eigenvalue weighted by Gasteiger charge is 2.17. The van der Waals surface area contributed by atoms with Gasteiger partial charge in [-0.1, -0.05) is 41.9 Å². The lowest BCUT2D eigenvalue weighted by Crippen LogP contribution is -2.26. The van der Waals surface area contributed by atoms with Crippen LogP contribution in [-0.2, 0) is 4.79 Å². The van der Waals surface area contributed by atoms with Gasteiger partial charge >= 0.3 is 0 Å². The Morgan fingerprint density at radius 3 is 2.22 bits per heavy atom. The van der Waals surface area contributed by atoms with Gasteiger partial charge in [0.2, 0.25) is 6.41 Å². The molecule has 0 aliphatic heterocycles. The molecule has 2 aromatic carbocycles. The summed E-state index contributed by atoms with van der Waals surface area (Å²) in [6.45, 7) is 0. The van der Waals surface area contributed by atoms with Crippen LogP contribution in [0.5, 0.6) is 0 Å². The van der Waals surface area contributed by atoms with Crippen molar-refractivity contribution in [3.05, 3.63) is 65.2 Å². The molecular formula is C14H12ClNO2. The Hall–Kier alpha value is -1.84. The maximum Gasteiger partial charge on any atom is 0.216 e. The minimum atomic E-state index is -1.01. The van der Waals surface area contributed by atoms with Crippen molar-refractivity contribution >= 4 is 23.7 Å². The largest absolute Gasteiger partial charge is 0.369 e. The minimum absolute atomic E-state index is 0.582. The van der Waals surface area contributed by atoms with Crippen LogP contribution in [0.2, 0.25) is 5.02 Å². The first kappa shape index (κ1) is 12.6. The molecule has 0 spiro atoms. The Labute approximate surface area is 110 Å².